The van der Waals surface area contributed by atoms with E-state index in [1.165, 1.54) is 12.1 Å². The second kappa shape index (κ2) is 3.66. The summed E-state index contributed by atoms with van der Waals surface area (Å²) in [6.45, 7) is 0.697. The molecule has 1 nitrogen and oxygen atoms in total. The maximum atomic E-state index is 13.0. The SMILES string of the molecule is Fc1cc(Br)c2c(c1)OCCCC2. The summed E-state index contributed by atoms with van der Waals surface area (Å²) in [6, 6.07) is 2.96. The summed E-state index contributed by atoms with van der Waals surface area (Å²) in [5.74, 6) is 0.455. The summed E-state index contributed by atoms with van der Waals surface area (Å²) < 4.78 is 19.2. The molecule has 0 aliphatic carbocycles. The lowest BCUT2D eigenvalue weighted by Gasteiger charge is -2.08. The Morgan fingerprint density at radius 3 is 3.00 bits per heavy atom. The molecule has 0 radical (unpaired) electrons. The van der Waals surface area contributed by atoms with Crippen LogP contribution in [0, 0.1) is 5.82 Å². The van der Waals surface area contributed by atoms with Gasteiger partial charge in [-0.15, -0.1) is 0 Å². The lowest BCUT2D eigenvalue weighted by molar-refractivity contribution is 0.315. The molecule has 0 aromatic heterocycles. The number of halogens is 2. The highest BCUT2D eigenvalue weighted by atomic mass is 79.9. The van der Waals surface area contributed by atoms with Crippen molar-refractivity contribution in [3.63, 3.8) is 0 Å². The predicted octanol–water partition coefficient (Wildman–Crippen LogP) is 3.30. The molecule has 3 heteroatoms. The fraction of sp³-hybridized carbons (Fsp3) is 0.400. The molecule has 0 fully saturated rings. The van der Waals surface area contributed by atoms with Gasteiger partial charge in [0.1, 0.15) is 11.6 Å². The van der Waals surface area contributed by atoms with E-state index in [0.29, 0.717) is 12.4 Å². The van der Waals surface area contributed by atoms with Crippen LogP contribution < -0.4 is 4.74 Å². The van der Waals surface area contributed by atoms with E-state index in [0.717, 1.165) is 29.3 Å². The quantitative estimate of drug-likeness (QED) is 0.681. The van der Waals surface area contributed by atoms with Crippen molar-refractivity contribution in [1.82, 2.24) is 0 Å². The minimum atomic E-state index is -0.243. The van der Waals surface area contributed by atoms with E-state index in [1.54, 1.807) is 0 Å². The van der Waals surface area contributed by atoms with Gasteiger partial charge < -0.3 is 4.74 Å². The maximum Gasteiger partial charge on any atom is 0.128 e. The molecule has 0 amide bonds. The van der Waals surface area contributed by atoms with Gasteiger partial charge >= 0.3 is 0 Å². The third kappa shape index (κ3) is 1.85. The van der Waals surface area contributed by atoms with E-state index in [9.17, 15) is 4.39 Å². The summed E-state index contributed by atoms with van der Waals surface area (Å²) in [7, 11) is 0. The Labute approximate surface area is 85.0 Å². The van der Waals surface area contributed by atoms with Crippen molar-refractivity contribution in [3.05, 3.63) is 28.0 Å². The molecular weight excluding hydrogens is 235 g/mol. The summed E-state index contributed by atoms with van der Waals surface area (Å²) in [4.78, 5) is 0. The first kappa shape index (κ1) is 9.00. The number of fused-ring (bicyclic) bond motifs is 1. The highest BCUT2D eigenvalue weighted by Gasteiger charge is 2.13. The van der Waals surface area contributed by atoms with Crippen molar-refractivity contribution in [2.75, 3.05) is 6.61 Å². The largest absolute Gasteiger partial charge is 0.493 e. The van der Waals surface area contributed by atoms with Gasteiger partial charge in [0.25, 0.3) is 0 Å². The minimum absolute atomic E-state index is 0.243. The van der Waals surface area contributed by atoms with Crippen LogP contribution in [-0.4, -0.2) is 6.61 Å². The summed E-state index contributed by atoms with van der Waals surface area (Å²) in [5, 5.41) is 0. The van der Waals surface area contributed by atoms with Crippen molar-refractivity contribution < 1.29 is 9.13 Å². The molecular formula is C10H10BrFO. The average Bonchev–Trinajstić information content (AvgIpc) is 2.28. The molecule has 0 atom stereocenters. The van der Waals surface area contributed by atoms with Crippen LogP contribution in [0.3, 0.4) is 0 Å². The number of hydrogen-bond donors (Lipinski definition) is 0. The Morgan fingerprint density at radius 1 is 1.31 bits per heavy atom. The van der Waals surface area contributed by atoms with Gasteiger partial charge in [0.2, 0.25) is 0 Å². The van der Waals surface area contributed by atoms with Crippen molar-refractivity contribution >= 4 is 15.9 Å². The van der Waals surface area contributed by atoms with Gasteiger partial charge in [0, 0.05) is 16.1 Å². The van der Waals surface area contributed by atoms with Crippen molar-refractivity contribution in [2.24, 2.45) is 0 Å². The molecule has 0 unspecified atom stereocenters. The van der Waals surface area contributed by atoms with Crippen LogP contribution in [0.15, 0.2) is 16.6 Å². The molecule has 1 aliphatic rings. The molecule has 2 rings (SSSR count). The van der Waals surface area contributed by atoms with Crippen LogP contribution in [-0.2, 0) is 6.42 Å². The second-order valence-corrected chi connectivity index (χ2v) is 4.02. The molecule has 1 aromatic carbocycles. The topological polar surface area (TPSA) is 9.23 Å². The fourth-order valence-electron chi connectivity index (χ4n) is 1.54. The standard InChI is InChI=1S/C10H10BrFO/c11-9-5-7(12)6-10-8(9)3-1-2-4-13-10/h5-6H,1-4H2. The van der Waals surface area contributed by atoms with E-state index in [4.69, 9.17) is 4.74 Å². The first-order valence-corrected chi connectivity index (χ1v) is 5.17. The molecule has 1 heterocycles. The zero-order valence-corrected chi connectivity index (χ0v) is 8.73. The Morgan fingerprint density at radius 2 is 2.15 bits per heavy atom. The summed E-state index contributed by atoms with van der Waals surface area (Å²) in [5.41, 5.74) is 1.10. The van der Waals surface area contributed by atoms with Crippen LogP contribution in [0.5, 0.6) is 5.75 Å². The summed E-state index contributed by atoms with van der Waals surface area (Å²) in [6.07, 6.45) is 3.12. The Bertz CT molecular complexity index is 325. The van der Waals surface area contributed by atoms with Gasteiger partial charge in [-0.1, -0.05) is 15.9 Å². The van der Waals surface area contributed by atoms with Crippen molar-refractivity contribution in [3.8, 4) is 5.75 Å². The normalized spacial score (nSPS) is 15.8. The van der Waals surface area contributed by atoms with Crippen molar-refractivity contribution in [2.45, 2.75) is 19.3 Å². The Kier molecular flexibility index (Phi) is 2.54. The summed E-state index contributed by atoms with van der Waals surface area (Å²) >= 11 is 3.35. The molecule has 1 aliphatic heterocycles. The van der Waals surface area contributed by atoms with Gasteiger partial charge in [0.05, 0.1) is 6.61 Å². The number of ether oxygens (including phenoxy) is 1. The lowest BCUT2D eigenvalue weighted by Crippen LogP contribution is -1.95. The molecule has 0 bridgehead atoms. The van der Waals surface area contributed by atoms with E-state index in [2.05, 4.69) is 15.9 Å². The van der Waals surface area contributed by atoms with Gasteiger partial charge in [-0.2, -0.15) is 0 Å². The predicted molar refractivity (Wildman–Crippen MR) is 52.5 cm³/mol. The number of benzene rings is 1. The first-order valence-electron chi connectivity index (χ1n) is 4.38. The van der Waals surface area contributed by atoms with Gasteiger partial charge in [-0.3, -0.25) is 0 Å². The lowest BCUT2D eigenvalue weighted by atomic mass is 10.1. The van der Waals surface area contributed by atoms with Crippen LogP contribution in [0.1, 0.15) is 18.4 Å². The number of rotatable bonds is 0. The molecule has 0 saturated heterocycles. The average molecular weight is 245 g/mol. The molecule has 0 saturated carbocycles. The van der Waals surface area contributed by atoms with Gasteiger partial charge in [-0.25, -0.2) is 4.39 Å². The third-order valence-electron chi connectivity index (χ3n) is 2.20. The maximum absolute atomic E-state index is 13.0. The third-order valence-corrected chi connectivity index (χ3v) is 2.91. The fourth-order valence-corrected chi connectivity index (χ4v) is 2.15. The van der Waals surface area contributed by atoms with E-state index < -0.39 is 0 Å². The molecule has 13 heavy (non-hydrogen) atoms. The van der Waals surface area contributed by atoms with Gasteiger partial charge in [-0.05, 0) is 25.3 Å². The van der Waals surface area contributed by atoms with E-state index >= 15 is 0 Å². The smallest absolute Gasteiger partial charge is 0.128 e. The van der Waals surface area contributed by atoms with Crippen LogP contribution >= 0.6 is 15.9 Å². The zero-order valence-electron chi connectivity index (χ0n) is 7.15. The highest BCUT2D eigenvalue weighted by molar-refractivity contribution is 9.10. The number of hydrogen-bond acceptors (Lipinski definition) is 1. The van der Waals surface area contributed by atoms with Crippen molar-refractivity contribution in [1.29, 1.82) is 0 Å². The molecule has 0 N–H and O–H groups in total. The van der Waals surface area contributed by atoms with Crippen LogP contribution in [0.4, 0.5) is 4.39 Å². The van der Waals surface area contributed by atoms with Crippen LogP contribution in [0.25, 0.3) is 0 Å². The highest BCUT2D eigenvalue weighted by Crippen LogP contribution is 2.31. The first-order chi connectivity index (χ1) is 6.27. The monoisotopic (exact) mass is 244 g/mol. The molecule has 0 spiro atoms. The molecule has 70 valence electrons. The van der Waals surface area contributed by atoms with Crippen LogP contribution in [0.2, 0.25) is 0 Å². The zero-order chi connectivity index (χ0) is 9.26. The Hall–Kier alpha value is -0.570. The minimum Gasteiger partial charge on any atom is -0.493 e. The molecule has 1 aromatic rings. The van der Waals surface area contributed by atoms with Gasteiger partial charge in [0.15, 0.2) is 0 Å². The van der Waals surface area contributed by atoms with E-state index in [1.807, 2.05) is 0 Å². The second-order valence-electron chi connectivity index (χ2n) is 3.17. The Balaban J connectivity index is 2.47. The van der Waals surface area contributed by atoms with E-state index in [-0.39, 0.29) is 5.82 Å².